The van der Waals surface area contributed by atoms with E-state index in [1.54, 1.807) is 7.11 Å². The zero-order chi connectivity index (χ0) is 20.2. The van der Waals surface area contributed by atoms with Crippen LogP contribution in [0.15, 0.2) is 29.3 Å². The molecule has 0 aliphatic heterocycles. The summed E-state index contributed by atoms with van der Waals surface area (Å²) in [5.41, 5.74) is 1.17. The molecule has 1 unspecified atom stereocenters. The first-order valence-corrected chi connectivity index (χ1v) is 10.5. The third-order valence-corrected chi connectivity index (χ3v) is 5.33. The third kappa shape index (κ3) is 7.32. The molecule has 158 valence electrons. The molecule has 0 amide bonds. The Kier molecular flexibility index (Phi) is 10.1. The van der Waals surface area contributed by atoms with Gasteiger partial charge < -0.3 is 25.0 Å². The maximum atomic E-state index is 5.99. The first kappa shape index (κ1) is 22.5. The highest BCUT2D eigenvalue weighted by atomic mass is 16.5. The van der Waals surface area contributed by atoms with E-state index in [0.29, 0.717) is 6.10 Å². The minimum absolute atomic E-state index is 0.185. The molecule has 0 spiro atoms. The van der Waals surface area contributed by atoms with Crippen LogP contribution in [0.4, 0.5) is 0 Å². The van der Waals surface area contributed by atoms with Crippen molar-refractivity contribution in [3.63, 3.8) is 0 Å². The van der Waals surface area contributed by atoms with Gasteiger partial charge in [0.15, 0.2) is 5.96 Å². The lowest BCUT2D eigenvalue weighted by Crippen LogP contribution is -2.42. The number of nitrogens with one attached hydrogen (secondary N) is 2. The van der Waals surface area contributed by atoms with Crippen LogP contribution in [0.25, 0.3) is 0 Å². The number of para-hydroxylation sites is 1. The second-order valence-electron chi connectivity index (χ2n) is 7.59. The van der Waals surface area contributed by atoms with Crippen molar-refractivity contribution in [1.29, 1.82) is 0 Å². The molecule has 1 atom stereocenters. The smallest absolute Gasteiger partial charge is 0.191 e. The number of ether oxygens (including phenoxy) is 2. The Morgan fingerprint density at radius 1 is 1.18 bits per heavy atom. The minimum atomic E-state index is 0.185. The highest BCUT2D eigenvalue weighted by Crippen LogP contribution is 2.27. The zero-order valence-corrected chi connectivity index (χ0v) is 18.0. The van der Waals surface area contributed by atoms with Gasteiger partial charge in [0, 0.05) is 32.3 Å². The largest absolute Gasteiger partial charge is 0.496 e. The second kappa shape index (κ2) is 12.6. The first-order valence-electron chi connectivity index (χ1n) is 10.5. The molecule has 1 aromatic rings. The van der Waals surface area contributed by atoms with Gasteiger partial charge in [-0.05, 0) is 39.4 Å². The fourth-order valence-corrected chi connectivity index (χ4v) is 3.69. The maximum absolute atomic E-state index is 5.99. The predicted molar refractivity (Wildman–Crippen MR) is 116 cm³/mol. The average Bonchev–Trinajstić information content (AvgIpc) is 2.73. The molecule has 1 aliphatic rings. The lowest BCUT2D eigenvalue weighted by molar-refractivity contribution is 0.0277. The van der Waals surface area contributed by atoms with Crippen LogP contribution in [0.3, 0.4) is 0 Å². The Bertz CT molecular complexity index is 586. The highest BCUT2D eigenvalue weighted by molar-refractivity contribution is 5.79. The quantitative estimate of drug-likeness (QED) is 0.365. The monoisotopic (exact) mass is 390 g/mol. The summed E-state index contributed by atoms with van der Waals surface area (Å²) in [5, 5.41) is 6.83. The zero-order valence-electron chi connectivity index (χ0n) is 18.0. The van der Waals surface area contributed by atoms with Crippen molar-refractivity contribution in [3.05, 3.63) is 29.8 Å². The number of methoxy groups -OCH3 is 1. The van der Waals surface area contributed by atoms with Gasteiger partial charge in [0.05, 0.1) is 19.3 Å². The summed E-state index contributed by atoms with van der Waals surface area (Å²) < 4.78 is 11.5. The standard InChI is InChI=1S/C22H38N4O2/c1-23-22(24-15-10-16-28-18-11-6-5-7-12-18)25-17-20(26(2)3)19-13-8-9-14-21(19)27-4/h8-9,13-14,18,20H,5-7,10-12,15-17H2,1-4H3,(H2,23,24,25). The number of guanidine groups is 1. The van der Waals surface area contributed by atoms with E-state index in [0.717, 1.165) is 37.8 Å². The fourth-order valence-electron chi connectivity index (χ4n) is 3.69. The maximum Gasteiger partial charge on any atom is 0.191 e. The van der Waals surface area contributed by atoms with Gasteiger partial charge in [0.2, 0.25) is 0 Å². The normalized spacial score (nSPS) is 16.8. The number of aliphatic imine (C=N–C) groups is 1. The Morgan fingerprint density at radius 2 is 1.93 bits per heavy atom. The van der Waals surface area contributed by atoms with Crippen molar-refractivity contribution in [3.8, 4) is 5.75 Å². The average molecular weight is 391 g/mol. The van der Waals surface area contributed by atoms with Crippen LogP contribution in [0.5, 0.6) is 5.75 Å². The van der Waals surface area contributed by atoms with Crippen molar-refractivity contribution >= 4 is 5.96 Å². The van der Waals surface area contributed by atoms with Crippen LogP contribution in [-0.2, 0) is 4.74 Å². The summed E-state index contributed by atoms with van der Waals surface area (Å²) in [6.45, 7) is 2.41. The van der Waals surface area contributed by atoms with E-state index in [-0.39, 0.29) is 6.04 Å². The van der Waals surface area contributed by atoms with E-state index in [2.05, 4.69) is 40.7 Å². The molecule has 1 aliphatic carbocycles. The van der Waals surface area contributed by atoms with E-state index in [9.17, 15) is 0 Å². The Balaban J connectivity index is 1.74. The van der Waals surface area contributed by atoms with Gasteiger partial charge in [0.1, 0.15) is 5.75 Å². The summed E-state index contributed by atoms with van der Waals surface area (Å²) in [7, 11) is 7.69. The molecule has 0 radical (unpaired) electrons. The second-order valence-corrected chi connectivity index (χ2v) is 7.59. The topological polar surface area (TPSA) is 58.1 Å². The van der Waals surface area contributed by atoms with Gasteiger partial charge in [-0.2, -0.15) is 0 Å². The van der Waals surface area contributed by atoms with E-state index in [1.807, 2.05) is 25.2 Å². The lowest BCUT2D eigenvalue weighted by atomic mass is 9.98. The van der Waals surface area contributed by atoms with Crippen molar-refractivity contribution in [2.24, 2.45) is 4.99 Å². The van der Waals surface area contributed by atoms with Gasteiger partial charge >= 0.3 is 0 Å². The highest BCUT2D eigenvalue weighted by Gasteiger charge is 2.18. The van der Waals surface area contributed by atoms with Gasteiger partial charge in [0.25, 0.3) is 0 Å². The number of hydrogen-bond donors (Lipinski definition) is 2. The molecule has 0 aromatic heterocycles. The summed E-state index contributed by atoms with van der Waals surface area (Å²) >= 11 is 0. The van der Waals surface area contributed by atoms with Gasteiger partial charge in [-0.1, -0.05) is 37.5 Å². The molecule has 28 heavy (non-hydrogen) atoms. The summed E-state index contributed by atoms with van der Waals surface area (Å²) in [5.74, 6) is 1.73. The Labute approximate surface area is 170 Å². The molecule has 0 heterocycles. The number of benzene rings is 1. The van der Waals surface area contributed by atoms with Crippen molar-refractivity contribution in [2.45, 2.75) is 50.7 Å². The molecular formula is C22H38N4O2. The van der Waals surface area contributed by atoms with Gasteiger partial charge in [-0.15, -0.1) is 0 Å². The molecular weight excluding hydrogens is 352 g/mol. The van der Waals surface area contributed by atoms with Crippen LogP contribution >= 0.6 is 0 Å². The number of nitrogens with zero attached hydrogens (tertiary/aromatic N) is 2. The molecule has 0 saturated heterocycles. The molecule has 1 saturated carbocycles. The van der Waals surface area contributed by atoms with E-state index in [1.165, 1.54) is 37.7 Å². The fraction of sp³-hybridized carbons (Fsp3) is 0.682. The first-order chi connectivity index (χ1) is 13.7. The summed E-state index contributed by atoms with van der Waals surface area (Å²) in [4.78, 5) is 6.54. The Morgan fingerprint density at radius 3 is 2.61 bits per heavy atom. The minimum Gasteiger partial charge on any atom is -0.496 e. The van der Waals surface area contributed by atoms with Gasteiger partial charge in [-0.25, -0.2) is 0 Å². The summed E-state index contributed by atoms with van der Waals surface area (Å²) in [6.07, 6.45) is 7.93. The number of likely N-dealkylation sites (N-methyl/N-ethyl adjacent to an activating group) is 1. The van der Waals surface area contributed by atoms with E-state index < -0.39 is 0 Å². The van der Waals surface area contributed by atoms with Crippen molar-refractivity contribution < 1.29 is 9.47 Å². The van der Waals surface area contributed by atoms with E-state index >= 15 is 0 Å². The molecule has 1 fully saturated rings. The molecule has 6 heteroatoms. The van der Waals surface area contributed by atoms with Crippen LogP contribution < -0.4 is 15.4 Å². The van der Waals surface area contributed by atoms with Crippen molar-refractivity contribution in [1.82, 2.24) is 15.5 Å². The molecule has 2 N–H and O–H groups in total. The Hall–Kier alpha value is -1.79. The molecule has 6 nitrogen and oxygen atoms in total. The van der Waals surface area contributed by atoms with Gasteiger partial charge in [-0.3, -0.25) is 4.99 Å². The summed E-state index contributed by atoms with van der Waals surface area (Å²) in [6, 6.07) is 8.35. The molecule has 0 bridgehead atoms. The lowest BCUT2D eigenvalue weighted by Gasteiger charge is -2.27. The van der Waals surface area contributed by atoms with Crippen LogP contribution in [0, 0.1) is 0 Å². The molecule has 1 aromatic carbocycles. The van der Waals surface area contributed by atoms with Crippen molar-refractivity contribution in [2.75, 3.05) is 47.9 Å². The third-order valence-electron chi connectivity index (χ3n) is 5.33. The van der Waals surface area contributed by atoms with E-state index in [4.69, 9.17) is 9.47 Å². The van der Waals surface area contributed by atoms with Crippen LogP contribution in [0.2, 0.25) is 0 Å². The van der Waals surface area contributed by atoms with Crippen LogP contribution in [-0.4, -0.2) is 64.9 Å². The van der Waals surface area contributed by atoms with Crippen LogP contribution in [0.1, 0.15) is 50.1 Å². The SMILES string of the molecule is CN=C(NCCCOC1CCCCC1)NCC(c1ccccc1OC)N(C)C. The predicted octanol–water partition coefficient (Wildman–Crippen LogP) is 3.20. The number of rotatable bonds is 10. The molecule has 2 rings (SSSR count). The number of hydrogen-bond acceptors (Lipinski definition) is 4.